The topological polar surface area (TPSA) is 77.3 Å². The Labute approximate surface area is 189 Å². The van der Waals surface area contributed by atoms with Crippen molar-refractivity contribution in [1.82, 2.24) is 10.2 Å². The molecular formula is C24H39N3O3S. The molecule has 2 aliphatic heterocycles. The molecule has 0 aromatic heterocycles. The van der Waals surface area contributed by atoms with E-state index in [0.717, 1.165) is 51.7 Å². The predicted octanol–water partition coefficient (Wildman–Crippen LogP) is 3.36. The molecule has 3 aliphatic rings. The van der Waals surface area contributed by atoms with E-state index >= 15 is 0 Å². The number of nitrogens with zero attached hydrogens (tertiary/aromatic N) is 2. The summed E-state index contributed by atoms with van der Waals surface area (Å²) in [5.74, 6) is 4.79. The van der Waals surface area contributed by atoms with Gasteiger partial charge in [0, 0.05) is 31.8 Å². The highest BCUT2D eigenvalue weighted by Crippen LogP contribution is 2.32. The molecule has 4 atom stereocenters. The van der Waals surface area contributed by atoms with Crippen molar-refractivity contribution in [2.24, 2.45) is 10.9 Å². The van der Waals surface area contributed by atoms with Crippen molar-refractivity contribution in [2.75, 3.05) is 19.6 Å². The number of nitrogens with one attached hydrogen (secondary N) is 1. The first-order valence-electron chi connectivity index (χ1n) is 11.4. The van der Waals surface area contributed by atoms with E-state index in [2.05, 4.69) is 52.9 Å². The molecule has 174 valence electrons. The van der Waals surface area contributed by atoms with E-state index < -0.39 is 11.9 Å². The maximum absolute atomic E-state index is 9.48. The molecule has 6 nitrogen and oxygen atoms in total. The summed E-state index contributed by atoms with van der Waals surface area (Å²) in [4.78, 5) is 8.62. The standard InChI is InChI=1S/C24H39N3O3S/c1-5-18-15-25-23(26-16-18)27(17-21-7-6-14-31(21)4)13-12-19-8-10-20(11-9-19)30-24(2,3)22(28)29/h6-8,14-15,18,20,22-23,26,28-29H,4-5,9-13,16-17H2,1-3H3. The van der Waals surface area contributed by atoms with Crippen molar-refractivity contribution < 1.29 is 14.9 Å². The molecule has 0 aromatic carbocycles. The average molecular weight is 450 g/mol. The first-order valence-corrected chi connectivity index (χ1v) is 12.9. The van der Waals surface area contributed by atoms with Crippen LogP contribution in [0.5, 0.6) is 0 Å². The highest BCUT2D eigenvalue weighted by molar-refractivity contribution is 8.20. The van der Waals surface area contributed by atoms with Crippen LogP contribution in [0.15, 0.2) is 39.1 Å². The zero-order chi connectivity index (χ0) is 22.4. The molecular weight excluding hydrogens is 410 g/mol. The van der Waals surface area contributed by atoms with Crippen molar-refractivity contribution in [3.8, 4) is 0 Å². The lowest BCUT2D eigenvalue weighted by atomic mass is 9.94. The van der Waals surface area contributed by atoms with Crippen molar-refractivity contribution in [3.05, 3.63) is 34.1 Å². The van der Waals surface area contributed by atoms with Crippen LogP contribution >= 0.6 is 10.5 Å². The van der Waals surface area contributed by atoms with Crippen LogP contribution in [0.2, 0.25) is 0 Å². The van der Waals surface area contributed by atoms with Crippen molar-refractivity contribution >= 4 is 22.6 Å². The van der Waals surface area contributed by atoms with Gasteiger partial charge in [-0.2, -0.15) is 0 Å². The Kier molecular flexibility index (Phi) is 8.84. The van der Waals surface area contributed by atoms with Gasteiger partial charge in [0.25, 0.3) is 0 Å². The molecule has 0 aromatic rings. The minimum Gasteiger partial charge on any atom is -0.367 e. The molecule has 0 saturated carbocycles. The van der Waals surface area contributed by atoms with Gasteiger partial charge in [-0.05, 0) is 56.3 Å². The average Bonchev–Trinajstić information content (AvgIpc) is 3.16. The van der Waals surface area contributed by atoms with E-state index in [1.54, 1.807) is 13.8 Å². The largest absolute Gasteiger partial charge is 0.367 e. The van der Waals surface area contributed by atoms with Gasteiger partial charge in [0.15, 0.2) is 12.6 Å². The zero-order valence-electron chi connectivity index (χ0n) is 19.2. The van der Waals surface area contributed by atoms with E-state index in [1.165, 1.54) is 10.5 Å². The van der Waals surface area contributed by atoms with Crippen molar-refractivity contribution in [2.45, 2.75) is 77.2 Å². The van der Waals surface area contributed by atoms with Gasteiger partial charge in [-0.1, -0.05) is 36.6 Å². The van der Waals surface area contributed by atoms with Gasteiger partial charge in [0.05, 0.1) is 6.10 Å². The highest BCUT2D eigenvalue weighted by Gasteiger charge is 2.31. The second-order valence-electron chi connectivity index (χ2n) is 9.21. The maximum Gasteiger partial charge on any atom is 0.180 e. The normalized spacial score (nSPS) is 29.0. The van der Waals surface area contributed by atoms with Crippen LogP contribution in [0.1, 0.15) is 52.9 Å². The van der Waals surface area contributed by atoms with Crippen molar-refractivity contribution in [1.29, 1.82) is 0 Å². The van der Waals surface area contributed by atoms with Gasteiger partial charge >= 0.3 is 0 Å². The van der Waals surface area contributed by atoms with E-state index in [9.17, 15) is 10.2 Å². The quantitative estimate of drug-likeness (QED) is 0.271. The highest BCUT2D eigenvalue weighted by atomic mass is 32.2. The Balaban J connectivity index is 1.57. The molecule has 0 spiro atoms. The molecule has 31 heavy (non-hydrogen) atoms. The number of aliphatic imine (C=N–C) groups is 1. The Morgan fingerprint density at radius 3 is 2.77 bits per heavy atom. The Bertz CT molecular complexity index is 757. The molecule has 0 radical (unpaired) electrons. The third-order valence-electron chi connectivity index (χ3n) is 6.36. The van der Waals surface area contributed by atoms with E-state index in [-0.39, 0.29) is 22.9 Å². The second kappa shape index (κ2) is 11.2. The number of rotatable bonds is 10. The molecule has 0 fully saturated rings. The minimum atomic E-state index is -1.47. The zero-order valence-corrected chi connectivity index (χ0v) is 20.0. The van der Waals surface area contributed by atoms with Gasteiger partial charge in [0.1, 0.15) is 5.60 Å². The Morgan fingerprint density at radius 1 is 1.42 bits per heavy atom. The van der Waals surface area contributed by atoms with Gasteiger partial charge in [-0.25, -0.2) is 0 Å². The number of hydrogen-bond donors (Lipinski definition) is 3. The number of aliphatic hydroxyl groups excluding tert-OH is 1. The molecule has 0 bridgehead atoms. The molecule has 2 heterocycles. The van der Waals surface area contributed by atoms with Crippen LogP contribution in [-0.4, -0.2) is 71.1 Å². The van der Waals surface area contributed by atoms with E-state index in [0.29, 0.717) is 5.92 Å². The summed E-state index contributed by atoms with van der Waals surface area (Å²) in [6.45, 7) is 8.44. The monoisotopic (exact) mass is 449 g/mol. The minimum absolute atomic E-state index is 0.0217. The first-order chi connectivity index (χ1) is 14.8. The Hall–Kier alpha value is -1.09. The lowest BCUT2D eigenvalue weighted by Gasteiger charge is -2.35. The molecule has 3 rings (SSSR count). The van der Waals surface area contributed by atoms with Crippen LogP contribution in [-0.2, 0) is 4.74 Å². The van der Waals surface area contributed by atoms with Gasteiger partial charge < -0.3 is 14.9 Å². The Morgan fingerprint density at radius 2 is 2.23 bits per heavy atom. The van der Waals surface area contributed by atoms with Crippen LogP contribution in [0.4, 0.5) is 0 Å². The summed E-state index contributed by atoms with van der Waals surface area (Å²) >= 11 is 0. The molecule has 4 unspecified atom stereocenters. The molecule has 1 aliphatic carbocycles. The van der Waals surface area contributed by atoms with Crippen LogP contribution in [0.3, 0.4) is 0 Å². The predicted molar refractivity (Wildman–Crippen MR) is 131 cm³/mol. The summed E-state index contributed by atoms with van der Waals surface area (Å²) in [5, 5.41) is 24.7. The van der Waals surface area contributed by atoms with Gasteiger partial charge in [0.2, 0.25) is 0 Å². The SMILES string of the molecule is C=S1C=CC=C1CN(CCC1=CCC(OC(C)(C)C(O)O)CC1)C1N=CC(CC)CN1. The summed E-state index contributed by atoms with van der Waals surface area (Å²) < 4.78 is 5.93. The maximum atomic E-state index is 9.48. The molecule has 7 heteroatoms. The fraction of sp³-hybridized carbons (Fsp3) is 0.667. The van der Waals surface area contributed by atoms with E-state index in [1.807, 2.05) is 0 Å². The fourth-order valence-corrected chi connectivity index (χ4v) is 5.08. The first kappa shape index (κ1) is 24.6. The number of aliphatic hydroxyl groups is 2. The van der Waals surface area contributed by atoms with Gasteiger partial charge in [-0.3, -0.25) is 15.2 Å². The lowest BCUT2D eigenvalue weighted by molar-refractivity contribution is -0.212. The number of ether oxygens (including phenoxy) is 1. The third kappa shape index (κ3) is 6.94. The van der Waals surface area contributed by atoms with Crippen LogP contribution < -0.4 is 5.32 Å². The molecule has 0 amide bonds. The number of allylic oxidation sites excluding steroid dienone is 2. The second-order valence-corrected chi connectivity index (χ2v) is 10.9. The summed E-state index contributed by atoms with van der Waals surface area (Å²) in [6.07, 6.45) is 12.1. The smallest absolute Gasteiger partial charge is 0.180 e. The van der Waals surface area contributed by atoms with Crippen LogP contribution in [0, 0.1) is 5.92 Å². The summed E-state index contributed by atoms with van der Waals surface area (Å²) in [7, 11) is -0.0339. The van der Waals surface area contributed by atoms with Crippen LogP contribution in [0.25, 0.3) is 0 Å². The van der Waals surface area contributed by atoms with E-state index in [4.69, 9.17) is 9.73 Å². The lowest BCUT2D eigenvalue weighted by Crippen LogP contribution is -2.49. The van der Waals surface area contributed by atoms with Gasteiger partial charge in [-0.15, -0.1) is 10.5 Å². The summed E-state index contributed by atoms with van der Waals surface area (Å²) in [5.41, 5.74) is 0.508. The molecule has 3 N–H and O–H groups in total. The summed E-state index contributed by atoms with van der Waals surface area (Å²) in [6, 6.07) is 0. The third-order valence-corrected chi connectivity index (χ3v) is 7.79. The fourth-order valence-electron chi connectivity index (χ4n) is 4.05. The van der Waals surface area contributed by atoms with Crippen molar-refractivity contribution in [3.63, 3.8) is 0 Å². The number of hydrogen-bond acceptors (Lipinski definition) is 6. The molecule has 0 saturated heterocycles.